The molecule has 0 aliphatic carbocycles. The van der Waals surface area contributed by atoms with Gasteiger partial charge in [-0.25, -0.2) is 0 Å². The molecule has 2 heteroatoms. The molecule has 0 saturated carbocycles. The Morgan fingerprint density at radius 1 is 0.692 bits per heavy atom. The first-order chi connectivity index (χ1) is 15.0. The maximum Gasteiger partial charge on any atom is 0.0783 e. The lowest BCUT2D eigenvalue weighted by Gasteiger charge is -2.08. The monoisotopic (exact) mass is 337 g/mol. The zero-order chi connectivity index (χ0) is 21.4. The predicted molar refractivity (Wildman–Crippen MR) is 110 cm³/mol. The molecule has 0 saturated heterocycles. The molecule has 0 aliphatic rings. The van der Waals surface area contributed by atoms with Crippen LogP contribution >= 0.6 is 0 Å². The van der Waals surface area contributed by atoms with E-state index in [9.17, 15) is 0 Å². The highest BCUT2D eigenvalue weighted by Gasteiger charge is 2.16. The van der Waals surface area contributed by atoms with Crippen LogP contribution in [0.2, 0.25) is 0 Å². The van der Waals surface area contributed by atoms with Crippen molar-refractivity contribution in [2.45, 2.75) is 0 Å². The van der Waals surface area contributed by atoms with Gasteiger partial charge in [-0.05, 0) is 24.2 Å². The summed E-state index contributed by atoms with van der Waals surface area (Å²) in [7, 11) is 0. The molecule has 0 bridgehead atoms. The number of H-pyrrole nitrogens is 1. The van der Waals surface area contributed by atoms with Crippen LogP contribution in [0.3, 0.4) is 0 Å². The van der Waals surface area contributed by atoms with Crippen molar-refractivity contribution in [3.05, 3.63) is 90.9 Å². The highest BCUT2D eigenvalue weighted by Crippen LogP contribution is 2.38. The van der Waals surface area contributed by atoms with Gasteiger partial charge < -0.3 is 9.55 Å². The van der Waals surface area contributed by atoms with Crippen molar-refractivity contribution in [2.24, 2.45) is 0 Å². The SMILES string of the molecule is [2H]c1c([2H])c([2H])c(-n2c3ccccc3c3ccc4c5ccccc5[nH]c4c32)c([2H])c1[2H]. The van der Waals surface area contributed by atoms with Crippen LogP contribution in [0.1, 0.15) is 6.85 Å². The fourth-order valence-electron chi connectivity index (χ4n) is 3.96. The number of aromatic amines is 1. The van der Waals surface area contributed by atoms with E-state index in [0.29, 0.717) is 0 Å². The second-order valence-electron chi connectivity index (χ2n) is 6.38. The summed E-state index contributed by atoms with van der Waals surface area (Å²) in [5.41, 5.74) is 3.61. The predicted octanol–water partition coefficient (Wildman–Crippen LogP) is 6.42. The van der Waals surface area contributed by atoms with Gasteiger partial charge in [-0.15, -0.1) is 0 Å². The van der Waals surface area contributed by atoms with Gasteiger partial charge in [-0.1, -0.05) is 66.7 Å². The summed E-state index contributed by atoms with van der Waals surface area (Å²) in [6.45, 7) is 0. The summed E-state index contributed by atoms with van der Waals surface area (Å²) < 4.78 is 43.3. The third-order valence-corrected chi connectivity index (χ3v) is 5.02. The lowest BCUT2D eigenvalue weighted by Crippen LogP contribution is -1.93. The number of fused-ring (bicyclic) bond motifs is 7. The van der Waals surface area contributed by atoms with E-state index in [1.807, 2.05) is 53.1 Å². The minimum absolute atomic E-state index is 0.156. The van der Waals surface area contributed by atoms with Crippen molar-refractivity contribution in [2.75, 3.05) is 0 Å². The Hall–Kier alpha value is -3.52. The molecule has 2 aromatic heterocycles. The van der Waals surface area contributed by atoms with E-state index in [0.717, 1.165) is 43.6 Å². The van der Waals surface area contributed by atoms with Gasteiger partial charge in [0.25, 0.3) is 0 Å². The molecule has 0 fully saturated rings. The summed E-state index contributed by atoms with van der Waals surface area (Å²) in [5.74, 6) is 0. The normalized spacial score (nSPS) is 14.5. The second kappa shape index (κ2) is 4.99. The van der Waals surface area contributed by atoms with Crippen LogP contribution < -0.4 is 0 Å². The molecule has 0 atom stereocenters. The third kappa shape index (κ3) is 1.71. The Kier molecular flexibility index (Phi) is 1.89. The first kappa shape index (κ1) is 9.83. The Morgan fingerprint density at radius 3 is 2.31 bits per heavy atom. The molecule has 4 aromatic carbocycles. The minimum Gasteiger partial charge on any atom is -0.353 e. The summed E-state index contributed by atoms with van der Waals surface area (Å²) in [5, 5.41) is 4.03. The first-order valence-electron chi connectivity index (χ1n) is 11.0. The summed E-state index contributed by atoms with van der Waals surface area (Å²) >= 11 is 0. The van der Waals surface area contributed by atoms with Gasteiger partial charge in [-0.3, -0.25) is 0 Å². The maximum absolute atomic E-state index is 8.57. The average Bonchev–Trinajstić information content (AvgIpc) is 3.33. The van der Waals surface area contributed by atoms with Gasteiger partial charge in [0.2, 0.25) is 0 Å². The molecule has 0 spiro atoms. The largest absolute Gasteiger partial charge is 0.353 e. The number of hydrogen-bond acceptors (Lipinski definition) is 0. The van der Waals surface area contributed by atoms with Crippen molar-refractivity contribution >= 4 is 43.6 Å². The van der Waals surface area contributed by atoms with E-state index in [1.165, 1.54) is 0 Å². The van der Waals surface area contributed by atoms with Crippen molar-refractivity contribution in [3.63, 3.8) is 0 Å². The lowest BCUT2D eigenvalue weighted by atomic mass is 10.1. The summed E-state index contributed by atoms with van der Waals surface area (Å²) in [6, 6.07) is 18.4. The molecule has 0 radical (unpaired) electrons. The molecule has 0 amide bonds. The molecule has 2 heterocycles. The molecule has 6 aromatic rings. The number of aromatic nitrogens is 2. The van der Waals surface area contributed by atoms with Gasteiger partial charge in [-0.2, -0.15) is 0 Å². The van der Waals surface area contributed by atoms with Crippen LogP contribution in [0.5, 0.6) is 0 Å². The van der Waals surface area contributed by atoms with Gasteiger partial charge in [0.15, 0.2) is 0 Å². The molecule has 2 nitrogen and oxygen atoms in total. The van der Waals surface area contributed by atoms with Crippen molar-refractivity contribution < 1.29 is 6.85 Å². The first-order valence-corrected chi connectivity index (χ1v) is 8.49. The number of nitrogens with one attached hydrogen (secondary N) is 1. The Bertz CT molecular complexity index is 1660. The molecule has 122 valence electrons. The van der Waals surface area contributed by atoms with Crippen LogP contribution in [0.15, 0.2) is 90.9 Å². The van der Waals surface area contributed by atoms with Crippen LogP contribution in [0.25, 0.3) is 49.3 Å². The molecule has 0 aliphatic heterocycles. The number of hydrogen-bond donors (Lipinski definition) is 1. The summed E-state index contributed by atoms with van der Waals surface area (Å²) in [4.78, 5) is 3.50. The number of nitrogens with zero attached hydrogens (tertiary/aromatic N) is 1. The van der Waals surface area contributed by atoms with Crippen molar-refractivity contribution in [1.29, 1.82) is 0 Å². The topological polar surface area (TPSA) is 20.7 Å². The van der Waals surface area contributed by atoms with E-state index in [4.69, 9.17) is 6.85 Å². The molecular formula is C24H16N2. The standard InChI is InChI=1S/C24H16N2/c1-2-8-16(9-3-1)26-22-13-7-5-11-18(22)20-15-14-19-17-10-4-6-12-21(17)25-23(19)24(20)26/h1-15,25H/i1D,2D,3D,8D,9D. The fourth-order valence-corrected chi connectivity index (χ4v) is 3.96. The van der Waals surface area contributed by atoms with Crippen LogP contribution in [-0.4, -0.2) is 9.55 Å². The number of rotatable bonds is 1. The lowest BCUT2D eigenvalue weighted by molar-refractivity contribution is 1.18. The van der Waals surface area contributed by atoms with Gasteiger partial charge in [0.1, 0.15) is 0 Å². The Morgan fingerprint density at radius 2 is 1.42 bits per heavy atom. The zero-order valence-electron chi connectivity index (χ0n) is 18.7. The van der Waals surface area contributed by atoms with Crippen molar-refractivity contribution in [3.8, 4) is 5.69 Å². The quantitative estimate of drug-likeness (QED) is 0.357. The molecule has 26 heavy (non-hydrogen) atoms. The fraction of sp³-hybridized carbons (Fsp3) is 0. The van der Waals surface area contributed by atoms with Crippen molar-refractivity contribution in [1.82, 2.24) is 9.55 Å². The molecule has 6 rings (SSSR count). The van der Waals surface area contributed by atoms with E-state index in [1.54, 1.807) is 0 Å². The zero-order valence-corrected chi connectivity index (χ0v) is 13.7. The van der Waals surface area contributed by atoms with Crippen LogP contribution in [-0.2, 0) is 0 Å². The average molecular weight is 337 g/mol. The number of benzene rings is 4. The van der Waals surface area contributed by atoms with Gasteiger partial charge >= 0.3 is 0 Å². The second-order valence-corrected chi connectivity index (χ2v) is 6.38. The number of para-hydroxylation sites is 3. The van der Waals surface area contributed by atoms with Gasteiger partial charge in [0.05, 0.1) is 23.4 Å². The van der Waals surface area contributed by atoms with E-state index in [-0.39, 0.29) is 29.9 Å². The highest BCUT2D eigenvalue weighted by molar-refractivity contribution is 6.22. The molecule has 1 N–H and O–H groups in total. The van der Waals surface area contributed by atoms with E-state index >= 15 is 0 Å². The van der Waals surface area contributed by atoms with E-state index < -0.39 is 6.04 Å². The summed E-state index contributed by atoms with van der Waals surface area (Å²) in [6.07, 6.45) is 0. The Labute approximate surface area is 157 Å². The minimum atomic E-state index is -0.393. The Balaban J connectivity index is 1.92. The highest BCUT2D eigenvalue weighted by atomic mass is 15.0. The third-order valence-electron chi connectivity index (χ3n) is 5.02. The van der Waals surface area contributed by atoms with Crippen LogP contribution in [0.4, 0.5) is 0 Å². The molecule has 0 unspecified atom stereocenters. The maximum atomic E-state index is 8.57. The smallest absolute Gasteiger partial charge is 0.0783 e. The van der Waals surface area contributed by atoms with Crippen LogP contribution in [0, 0.1) is 0 Å². The van der Waals surface area contributed by atoms with Gasteiger partial charge in [0, 0.05) is 32.7 Å². The van der Waals surface area contributed by atoms with E-state index in [2.05, 4.69) is 17.1 Å². The molecular weight excluding hydrogens is 316 g/mol.